The largest absolute Gasteiger partial charge is 0.501 e. The Bertz CT molecular complexity index is 447. The average Bonchev–Trinajstić information content (AvgIpc) is 2.92. The Labute approximate surface area is 248 Å². The van der Waals surface area contributed by atoms with E-state index in [2.05, 4.69) is 41.7 Å². The van der Waals surface area contributed by atoms with E-state index in [1.807, 2.05) is 0 Å². The summed E-state index contributed by atoms with van der Waals surface area (Å²) >= 11 is 0. The predicted octanol–water partition coefficient (Wildman–Crippen LogP) is 10.7. The molecule has 0 saturated carbocycles. The molecule has 0 heterocycles. The van der Waals surface area contributed by atoms with Gasteiger partial charge in [0.25, 0.3) is 0 Å². The Balaban J connectivity index is 5.07. The molecule has 0 amide bonds. The van der Waals surface area contributed by atoms with Crippen molar-refractivity contribution < 1.29 is 17.8 Å². The van der Waals surface area contributed by atoms with Crippen molar-refractivity contribution in [3.63, 3.8) is 0 Å². The van der Waals surface area contributed by atoms with Gasteiger partial charge in [-0.1, -0.05) is 118 Å². The molecular formula is C34H74NO3Si+. The average molecular weight is 573 g/mol. The second kappa shape index (κ2) is 28.2. The van der Waals surface area contributed by atoms with Gasteiger partial charge in [0.1, 0.15) is 0 Å². The molecule has 0 rings (SSSR count). The molecule has 0 fully saturated rings. The molecule has 4 nitrogen and oxygen atoms in total. The zero-order chi connectivity index (χ0) is 28.9. The first-order chi connectivity index (χ1) is 19.0. The Morgan fingerprint density at radius 3 is 1.05 bits per heavy atom. The highest BCUT2D eigenvalue weighted by atomic mass is 28.4. The first kappa shape index (κ1) is 39.1. The summed E-state index contributed by atoms with van der Waals surface area (Å²) in [5.74, 6) is 0. The van der Waals surface area contributed by atoms with Crippen LogP contribution in [-0.2, 0) is 13.3 Å². The van der Waals surface area contributed by atoms with E-state index in [4.69, 9.17) is 13.3 Å². The van der Waals surface area contributed by atoms with E-state index in [0.29, 0.717) is 0 Å². The van der Waals surface area contributed by atoms with Crippen LogP contribution in [0.2, 0.25) is 6.04 Å². The van der Waals surface area contributed by atoms with Crippen molar-refractivity contribution in [2.75, 3.05) is 46.5 Å². The van der Waals surface area contributed by atoms with Crippen molar-refractivity contribution in [1.82, 2.24) is 0 Å². The molecule has 0 N–H and O–H groups in total. The van der Waals surface area contributed by atoms with Crippen LogP contribution < -0.4 is 0 Å². The molecule has 0 saturated heterocycles. The Morgan fingerprint density at radius 2 is 0.692 bits per heavy atom. The van der Waals surface area contributed by atoms with Gasteiger partial charge in [0, 0.05) is 32.3 Å². The van der Waals surface area contributed by atoms with E-state index >= 15 is 0 Å². The molecule has 0 unspecified atom stereocenters. The van der Waals surface area contributed by atoms with Crippen molar-refractivity contribution in [2.45, 2.75) is 176 Å². The van der Waals surface area contributed by atoms with E-state index in [0.717, 1.165) is 70.8 Å². The summed E-state index contributed by atoms with van der Waals surface area (Å²) in [7, 11) is -0.0977. The van der Waals surface area contributed by atoms with Crippen molar-refractivity contribution >= 4 is 8.80 Å². The summed E-state index contributed by atoms with van der Waals surface area (Å²) in [5, 5.41) is 0. The van der Waals surface area contributed by atoms with Gasteiger partial charge in [-0.25, -0.2) is 0 Å². The lowest BCUT2D eigenvalue weighted by molar-refractivity contribution is -0.910. The molecule has 0 bridgehead atoms. The fourth-order valence-electron chi connectivity index (χ4n) is 5.37. The van der Waals surface area contributed by atoms with Gasteiger partial charge >= 0.3 is 8.80 Å². The van der Waals surface area contributed by atoms with Crippen LogP contribution in [0.25, 0.3) is 0 Å². The molecule has 0 radical (unpaired) electrons. The van der Waals surface area contributed by atoms with Gasteiger partial charge in [-0.05, 0) is 44.9 Å². The van der Waals surface area contributed by atoms with Crippen LogP contribution in [0.15, 0.2) is 0 Å². The molecule has 0 aliphatic rings. The van der Waals surface area contributed by atoms with Crippen LogP contribution >= 0.6 is 0 Å². The van der Waals surface area contributed by atoms with Gasteiger partial charge in [0.2, 0.25) is 0 Å². The predicted molar refractivity (Wildman–Crippen MR) is 175 cm³/mol. The van der Waals surface area contributed by atoms with E-state index in [1.165, 1.54) is 114 Å². The standard InChI is InChI=1S/C34H74NO3Si/c1-7-12-17-19-21-23-25-28-35(6,29-26-24-22-20-18-13-8-2)30-27-34-39(36-31-14-9-3,37-32-15-10-4)38-33-16-11-5/h7-34H2,1-6H3/q+1. The zero-order valence-corrected chi connectivity index (χ0v) is 29.0. The third kappa shape index (κ3) is 23.3. The minimum absolute atomic E-state index is 0.781. The maximum atomic E-state index is 6.56. The summed E-state index contributed by atoms with van der Waals surface area (Å²) in [6, 6.07) is 0.978. The number of rotatable bonds is 32. The van der Waals surface area contributed by atoms with Crippen LogP contribution in [0.3, 0.4) is 0 Å². The topological polar surface area (TPSA) is 27.7 Å². The highest BCUT2D eigenvalue weighted by Gasteiger charge is 2.41. The zero-order valence-electron chi connectivity index (χ0n) is 28.0. The van der Waals surface area contributed by atoms with Crippen LogP contribution in [0.1, 0.15) is 169 Å². The number of hydrogen-bond acceptors (Lipinski definition) is 3. The first-order valence-electron chi connectivity index (χ1n) is 17.8. The van der Waals surface area contributed by atoms with Crippen LogP contribution in [0.4, 0.5) is 0 Å². The summed E-state index contributed by atoms with van der Waals surface area (Å²) < 4.78 is 20.9. The fourth-order valence-corrected chi connectivity index (χ4v) is 8.01. The van der Waals surface area contributed by atoms with Gasteiger partial charge < -0.3 is 17.8 Å². The fraction of sp³-hybridized carbons (Fsp3) is 1.00. The lowest BCUT2D eigenvalue weighted by Gasteiger charge is -2.36. The monoisotopic (exact) mass is 573 g/mol. The summed E-state index contributed by atoms with van der Waals surface area (Å²) in [6.45, 7) is 17.5. The van der Waals surface area contributed by atoms with E-state index < -0.39 is 8.80 Å². The van der Waals surface area contributed by atoms with Gasteiger partial charge in [0.05, 0.1) is 26.7 Å². The lowest BCUT2D eigenvalue weighted by atomic mass is 10.1. The van der Waals surface area contributed by atoms with Crippen molar-refractivity contribution in [2.24, 2.45) is 0 Å². The summed E-state index contributed by atoms with van der Waals surface area (Å²) in [6.07, 6.45) is 27.4. The SMILES string of the molecule is CCCCCCCCC[N+](C)(CCCCCCCCC)CCC[Si](OCCCC)(OCCCC)OCCCC. The van der Waals surface area contributed by atoms with E-state index in [-0.39, 0.29) is 0 Å². The molecule has 0 aromatic carbocycles. The summed E-state index contributed by atoms with van der Waals surface area (Å²) in [4.78, 5) is 0. The number of unbranched alkanes of at least 4 members (excludes halogenated alkanes) is 15. The molecule has 5 heteroatoms. The van der Waals surface area contributed by atoms with Crippen LogP contribution in [0, 0.1) is 0 Å². The van der Waals surface area contributed by atoms with Crippen LogP contribution in [0.5, 0.6) is 0 Å². The molecule has 0 aliphatic heterocycles. The Kier molecular flexibility index (Phi) is 28.2. The number of hydrogen-bond donors (Lipinski definition) is 0. The van der Waals surface area contributed by atoms with Gasteiger partial charge in [-0.2, -0.15) is 0 Å². The molecular weight excluding hydrogens is 498 g/mol. The first-order valence-corrected chi connectivity index (χ1v) is 19.7. The van der Waals surface area contributed by atoms with Crippen LogP contribution in [-0.4, -0.2) is 59.8 Å². The minimum Gasteiger partial charge on any atom is -0.373 e. The van der Waals surface area contributed by atoms with Crippen molar-refractivity contribution in [3.05, 3.63) is 0 Å². The third-order valence-corrected chi connectivity index (χ3v) is 11.1. The number of quaternary nitrogens is 1. The van der Waals surface area contributed by atoms with Crippen molar-refractivity contribution in [1.29, 1.82) is 0 Å². The smallest absolute Gasteiger partial charge is 0.373 e. The maximum Gasteiger partial charge on any atom is 0.501 e. The second-order valence-electron chi connectivity index (χ2n) is 12.4. The van der Waals surface area contributed by atoms with Gasteiger partial charge in [0.15, 0.2) is 0 Å². The number of nitrogens with zero attached hydrogens (tertiary/aromatic N) is 1. The van der Waals surface area contributed by atoms with E-state index in [1.54, 1.807) is 0 Å². The molecule has 39 heavy (non-hydrogen) atoms. The molecule has 0 aromatic heterocycles. The van der Waals surface area contributed by atoms with Crippen molar-refractivity contribution in [3.8, 4) is 0 Å². The van der Waals surface area contributed by atoms with Gasteiger partial charge in [-0.3, -0.25) is 0 Å². The maximum absolute atomic E-state index is 6.56. The molecule has 0 spiro atoms. The molecule has 0 atom stereocenters. The highest BCUT2D eigenvalue weighted by molar-refractivity contribution is 6.60. The lowest BCUT2D eigenvalue weighted by Crippen LogP contribution is -2.50. The normalized spacial score (nSPS) is 12.5. The quantitative estimate of drug-likeness (QED) is 0.0456. The second-order valence-corrected chi connectivity index (χ2v) is 15.2. The summed E-state index contributed by atoms with van der Waals surface area (Å²) in [5.41, 5.74) is 0. The molecule has 0 aliphatic carbocycles. The van der Waals surface area contributed by atoms with Gasteiger partial charge in [-0.15, -0.1) is 0 Å². The molecule has 0 aromatic rings. The highest BCUT2D eigenvalue weighted by Crippen LogP contribution is 2.23. The van der Waals surface area contributed by atoms with E-state index in [9.17, 15) is 0 Å². The molecule has 236 valence electrons. The Morgan fingerprint density at radius 1 is 0.385 bits per heavy atom. The Hall–Kier alpha value is 0.0569. The third-order valence-electron chi connectivity index (χ3n) is 8.24. The minimum atomic E-state index is -2.63.